The Kier molecular flexibility index (Phi) is 11.1. The Morgan fingerprint density at radius 2 is 1.68 bits per heavy atom. The predicted molar refractivity (Wildman–Crippen MR) is 163 cm³/mol. The fourth-order valence-corrected chi connectivity index (χ4v) is 6.27. The van der Waals surface area contributed by atoms with Crippen LogP contribution < -0.4 is 14.4 Å². The van der Waals surface area contributed by atoms with Crippen molar-refractivity contribution in [2.75, 3.05) is 18.0 Å². The smallest absolute Gasteiger partial charge is 0.264 e. The standard InChI is InChI=1S/C30H35Cl2N3O5S/c1-6-26(30(37)33-20(2)3)34(18-22-13-14-23(31)17-25(22)32)29(36)19-35(27-16-21(4)12-15-28(27)40-5)41(38,39)24-10-8-7-9-11-24/h7-17,20,26H,6,18-19H2,1-5H3,(H,33,37). The van der Waals surface area contributed by atoms with Crippen LogP contribution >= 0.6 is 23.2 Å². The zero-order valence-corrected chi connectivity index (χ0v) is 26.1. The van der Waals surface area contributed by atoms with Crippen molar-refractivity contribution in [3.8, 4) is 5.75 Å². The maximum absolute atomic E-state index is 14.2. The van der Waals surface area contributed by atoms with Crippen LogP contribution in [0.1, 0.15) is 38.3 Å². The van der Waals surface area contributed by atoms with Gasteiger partial charge in [0.15, 0.2) is 0 Å². The number of methoxy groups -OCH3 is 1. The van der Waals surface area contributed by atoms with E-state index in [9.17, 15) is 18.0 Å². The summed E-state index contributed by atoms with van der Waals surface area (Å²) in [6.45, 7) is 6.62. The van der Waals surface area contributed by atoms with E-state index in [0.717, 1.165) is 9.87 Å². The summed E-state index contributed by atoms with van der Waals surface area (Å²) in [7, 11) is -2.80. The normalized spacial score (nSPS) is 12.1. The first-order valence-electron chi connectivity index (χ1n) is 13.1. The maximum Gasteiger partial charge on any atom is 0.264 e. The quantitative estimate of drug-likeness (QED) is 0.275. The Labute approximate surface area is 252 Å². The van der Waals surface area contributed by atoms with Crippen LogP contribution in [0.4, 0.5) is 5.69 Å². The second kappa shape index (κ2) is 14.1. The van der Waals surface area contributed by atoms with E-state index in [1.165, 1.54) is 24.1 Å². The van der Waals surface area contributed by atoms with Gasteiger partial charge in [-0.25, -0.2) is 8.42 Å². The van der Waals surface area contributed by atoms with E-state index in [2.05, 4.69) is 5.32 Å². The molecule has 0 saturated heterocycles. The summed E-state index contributed by atoms with van der Waals surface area (Å²) in [6, 6.07) is 16.8. The third-order valence-electron chi connectivity index (χ3n) is 6.39. The number of aryl methyl sites for hydroxylation is 1. The molecule has 0 aliphatic rings. The Hall–Kier alpha value is -3.27. The van der Waals surface area contributed by atoms with Crippen molar-refractivity contribution in [2.24, 2.45) is 0 Å². The first-order valence-corrected chi connectivity index (χ1v) is 15.3. The molecule has 3 aromatic rings. The van der Waals surface area contributed by atoms with Crippen molar-refractivity contribution in [3.63, 3.8) is 0 Å². The average Bonchev–Trinajstić information content (AvgIpc) is 2.92. The number of carbonyl (C=O) groups excluding carboxylic acids is 2. The van der Waals surface area contributed by atoms with Crippen LogP contribution in [0.3, 0.4) is 0 Å². The van der Waals surface area contributed by atoms with Crippen LogP contribution in [0.2, 0.25) is 10.0 Å². The van der Waals surface area contributed by atoms with E-state index in [-0.39, 0.29) is 41.2 Å². The third-order valence-corrected chi connectivity index (χ3v) is 8.75. The first kappa shape index (κ1) is 32.2. The SMILES string of the molecule is CCC(C(=O)NC(C)C)N(Cc1ccc(Cl)cc1Cl)C(=O)CN(c1cc(C)ccc1OC)S(=O)(=O)c1ccccc1. The second-order valence-electron chi connectivity index (χ2n) is 9.84. The molecule has 0 aliphatic heterocycles. The highest BCUT2D eigenvalue weighted by molar-refractivity contribution is 7.92. The van der Waals surface area contributed by atoms with E-state index in [1.807, 2.05) is 20.8 Å². The van der Waals surface area contributed by atoms with Gasteiger partial charge in [0.2, 0.25) is 11.8 Å². The van der Waals surface area contributed by atoms with Gasteiger partial charge in [0, 0.05) is 22.6 Å². The summed E-state index contributed by atoms with van der Waals surface area (Å²) in [5.41, 5.74) is 1.54. The molecule has 1 N–H and O–H groups in total. The minimum absolute atomic E-state index is 0.00764. The van der Waals surface area contributed by atoms with Gasteiger partial charge in [-0.1, -0.05) is 60.5 Å². The number of nitrogens with one attached hydrogen (secondary N) is 1. The number of sulfonamides is 1. The number of anilines is 1. The molecule has 3 rings (SSSR count). The van der Waals surface area contributed by atoms with Gasteiger partial charge in [-0.3, -0.25) is 13.9 Å². The Morgan fingerprint density at radius 1 is 1.00 bits per heavy atom. The van der Waals surface area contributed by atoms with Gasteiger partial charge >= 0.3 is 0 Å². The molecule has 0 bridgehead atoms. The molecule has 0 aromatic heterocycles. The third kappa shape index (κ3) is 7.93. The molecule has 3 aromatic carbocycles. The maximum atomic E-state index is 14.2. The van der Waals surface area contributed by atoms with Gasteiger partial charge in [-0.05, 0) is 74.7 Å². The molecule has 1 unspecified atom stereocenters. The fraction of sp³-hybridized carbons (Fsp3) is 0.333. The molecule has 0 aliphatic carbocycles. The van der Waals surface area contributed by atoms with Gasteiger partial charge in [0.05, 0.1) is 17.7 Å². The van der Waals surface area contributed by atoms with Gasteiger partial charge < -0.3 is 15.0 Å². The lowest BCUT2D eigenvalue weighted by Crippen LogP contribution is -2.53. The summed E-state index contributed by atoms with van der Waals surface area (Å²) in [4.78, 5) is 28.8. The Balaban J connectivity index is 2.14. The lowest BCUT2D eigenvalue weighted by Gasteiger charge is -2.34. The van der Waals surface area contributed by atoms with Crippen LogP contribution in [0.15, 0.2) is 71.6 Å². The number of carbonyl (C=O) groups is 2. The summed E-state index contributed by atoms with van der Waals surface area (Å²) in [5.74, 6) is -0.670. The molecule has 220 valence electrons. The van der Waals surface area contributed by atoms with Crippen LogP contribution in [0.5, 0.6) is 5.75 Å². The summed E-state index contributed by atoms with van der Waals surface area (Å²) in [6.07, 6.45) is 0.286. The van der Waals surface area contributed by atoms with E-state index in [1.54, 1.807) is 61.5 Å². The zero-order chi connectivity index (χ0) is 30.3. The van der Waals surface area contributed by atoms with Crippen molar-refractivity contribution in [3.05, 3.63) is 87.9 Å². The molecular formula is C30H35Cl2N3O5S. The highest BCUT2D eigenvalue weighted by atomic mass is 35.5. The van der Waals surface area contributed by atoms with Crippen LogP contribution in [0, 0.1) is 6.92 Å². The molecule has 0 radical (unpaired) electrons. The number of rotatable bonds is 12. The lowest BCUT2D eigenvalue weighted by molar-refractivity contribution is -0.140. The molecule has 2 amide bonds. The number of nitrogens with zero attached hydrogens (tertiary/aromatic N) is 2. The number of benzene rings is 3. The highest BCUT2D eigenvalue weighted by Crippen LogP contribution is 2.34. The largest absolute Gasteiger partial charge is 0.495 e. The highest BCUT2D eigenvalue weighted by Gasteiger charge is 2.35. The van der Waals surface area contributed by atoms with Crippen molar-refractivity contribution in [1.82, 2.24) is 10.2 Å². The molecule has 0 heterocycles. The average molecular weight is 621 g/mol. The number of ether oxygens (including phenoxy) is 1. The number of amides is 2. The molecule has 8 nitrogen and oxygen atoms in total. The van der Waals surface area contributed by atoms with Gasteiger partial charge in [0.1, 0.15) is 18.3 Å². The van der Waals surface area contributed by atoms with Crippen LogP contribution in [-0.2, 0) is 26.2 Å². The lowest BCUT2D eigenvalue weighted by atomic mass is 10.1. The van der Waals surface area contributed by atoms with Crippen molar-refractivity contribution < 1.29 is 22.7 Å². The predicted octanol–water partition coefficient (Wildman–Crippen LogP) is 5.84. The van der Waals surface area contributed by atoms with E-state index >= 15 is 0 Å². The van der Waals surface area contributed by atoms with Gasteiger partial charge in [-0.15, -0.1) is 0 Å². The summed E-state index contributed by atoms with van der Waals surface area (Å²) < 4.78 is 34.6. The van der Waals surface area contributed by atoms with Crippen molar-refractivity contribution in [2.45, 2.75) is 57.6 Å². The van der Waals surface area contributed by atoms with Crippen molar-refractivity contribution >= 4 is 50.7 Å². The molecule has 1 atom stereocenters. The van der Waals surface area contributed by atoms with Crippen molar-refractivity contribution in [1.29, 1.82) is 0 Å². The molecule has 0 saturated carbocycles. The first-order chi connectivity index (χ1) is 19.4. The molecule has 11 heteroatoms. The molecule has 41 heavy (non-hydrogen) atoms. The fourth-order valence-electron chi connectivity index (χ4n) is 4.36. The monoisotopic (exact) mass is 619 g/mol. The Bertz CT molecular complexity index is 1480. The second-order valence-corrected chi connectivity index (χ2v) is 12.6. The van der Waals surface area contributed by atoms with E-state index < -0.39 is 28.5 Å². The van der Waals surface area contributed by atoms with E-state index in [4.69, 9.17) is 27.9 Å². The molecule has 0 spiro atoms. The Morgan fingerprint density at radius 3 is 2.27 bits per heavy atom. The number of hydrogen-bond donors (Lipinski definition) is 1. The minimum Gasteiger partial charge on any atom is -0.495 e. The van der Waals surface area contributed by atoms with Gasteiger partial charge in [-0.2, -0.15) is 0 Å². The summed E-state index contributed by atoms with van der Waals surface area (Å²) >= 11 is 12.5. The topological polar surface area (TPSA) is 96.0 Å². The van der Waals surface area contributed by atoms with Crippen LogP contribution in [-0.4, -0.2) is 50.9 Å². The van der Waals surface area contributed by atoms with E-state index in [0.29, 0.717) is 15.6 Å². The number of halogens is 2. The molecule has 0 fully saturated rings. The number of hydrogen-bond acceptors (Lipinski definition) is 5. The summed E-state index contributed by atoms with van der Waals surface area (Å²) in [5, 5.41) is 3.61. The molecular weight excluding hydrogens is 585 g/mol. The van der Waals surface area contributed by atoms with Gasteiger partial charge in [0.25, 0.3) is 10.0 Å². The zero-order valence-electron chi connectivity index (χ0n) is 23.7. The van der Waals surface area contributed by atoms with Crippen LogP contribution in [0.25, 0.3) is 0 Å². The minimum atomic E-state index is -4.23.